The van der Waals surface area contributed by atoms with E-state index in [0.29, 0.717) is 5.25 Å². The Morgan fingerprint density at radius 2 is 2.47 bits per heavy atom. The molecule has 1 aliphatic rings. The molecule has 1 aromatic heterocycles. The van der Waals surface area contributed by atoms with Crippen molar-refractivity contribution in [1.82, 2.24) is 25.5 Å². The second kappa shape index (κ2) is 5.46. The van der Waals surface area contributed by atoms with Crippen LogP contribution in [0.2, 0.25) is 0 Å². The highest BCUT2D eigenvalue weighted by Crippen LogP contribution is 2.26. The van der Waals surface area contributed by atoms with Crippen LogP contribution in [0.25, 0.3) is 0 Å². The highest BCUT2D eigenvalue weighted by atomic mass is 32.2. The van der Waals surface area contributed by atoms with E-state index in [1.807, 2.05) is 11.7 Å². The molecule has 1 fully saturated rings. The first-order chi connectivity index (χ1) is 7.40. The third-order valence-electron chi connectivity index (χ3n) is 2.59. The minimum Gasteiger partial charge on any atom is -0.313 e. The fourth-order valence-corrected chi connectivity index (χ4v) is 3.08. The zero-order valence-electron chi connectivity index (χ0n) is 9.02. The van der Waals surface area contributed by atoms with Crippen LogP contribution in [0.15, 0.2) is 0 Å². The van der Waals surface area contributed by atoms with Gasteiger partial charge in [0.2, 0.25) is 0 Å². The smallest absolute Gasteiger partial charge is 0.165 e. The molecule has 2 rings (SSSR count). The number of hydrogen-bond donors (Lipinski definition) is 1. The van der Waals surface area contributed by atoms with Crippen molar-refractivity contribution >= 4 is 11.8 Å². The molecule has 1 atom stereocenters. The molecule has 1 N–H and O–H groups in total. The lowest BCUT2D eigenvalue weighted by atomic mass is 10.2. The standard InChI is InChI=1S/C9H17N5S/c1-10-6-9-11-12-13-14(9)7-8-4-2-3-5-15-8/h8,10H,2-7H2,1H3. The minimum absolute atomic E-state index is 0.692. The van der Waals surface area contributed by atoms with Gasteiger partial charge in [-0.1, -0.05) is 6.42 Å². The molecule has 1 aliphatic heterocycles. The SMILES string of the molecule is CNCc1nnnn1CC1CCCCS1. The Kier molecular flexibility index (Phi) is 3.96. The van der Waals surface area contributed by atoms with E-state index in [2.05, 4.69) is 32.6 Å². The molecule has 0 radical (unpaired) electrons. The van der Waals surface area contributed by atoms with Gasteiger partial charge in [-0.25, -0.2) is 4.68 Å². The van der Waals surface area contributed by atoms with Gasteiger partial charge >= 0.3 is 0 Å². The van der Waals surface area contributed by atoms with Crippen molar-refractivity contribution < 1.29 is 0 Å². The van der Waals surface area contributed by atoms with E-state index < -0.39 is 0 Å². The van der Waals surface area contributed by atoms with Gasteiger partial charge in [0.15, 0.2) is 5.82 Å². The Hall–Kier alpha value is -0.620. The van der Waals surface area contributed by atoms with Gasteiger partial charge in [-0.05, 0) is 36.1 Å². The van der Waals surface area contributed by atoms with Gasteiger partial charge in [0.05, 0.1) is 13.1 Å². The second-order valence-corrected chi connectivity index (χ2v) is 5.20. The molecule has 0 spiro atoms. The Labute approximate surface area is 94.0 Å². The third-order valence-corrected chi connectivity index (χ3v) is 3.97. The molecule has 1 aromatic rings. The Balaban J connectivity index is 1.93. The predicted octanol–water partition coefficient (Wildman–Crippen LogP) is 0.678. The van der Waals surface area contributed by atoms with Crippen LogP contribution in [0.4, 0.5) is 0 Å². The van der Waals surface area contributed by atoms with Crippen LogP contribution in [0.5, 0.6) is 0 Å². The monoisotopic (exact) mass is 227 g/mol. The van der Waals surface area contributed by atoms with E-state index in [0.717, 1.165) is 18.9 Å². The maximum Gasteiger partial charge on any atom is 0.165 e. The minimum atomic E-state index is 0.692. The molecular formula is C9H17N5S. The van der Waals surface area contributed by atoms with Crippen molar-refractivity contribution in [3.8, 4) is 0 Å². The highest BCUT2D eigenvalue weighted by molar-refractivity contribution is 7.99. The molecule has 84 valence electrons. The molecule has 5 nitrogen and oxygen atoms in total. The van der Waals surface area contributed by atoms with E-state index in [1.54, 1.807) is 0 Å². The van der Waals surface area contributed by atoms with Crippen molar-refractivity contribution in [3.05, 3.63) is 5.82 Å². The molecule has 6 heteroatoms. The summed E-state index contributed by atoms with van der Waals surface area (Å²) in [5.41, 5.74) is 0. The van der Waals surface area contributed by atoms with Gasteiger partial charge in [0.25, 0.3) is 0 Å². The second-order valence-electron chi connectivity index (χ2n) is 3.80. The first-order valence-electron chi connectivity index (χ1n) is 5.41. The lowest BCUT2D eigenvalue weighted by Crippen LogP contribution is -2.21. The van der Waals surface area contributed by atoms with Gasteiger partial charge in [0, 0.05) is 5.25 Å². The summed E-state index contributed by atoms with van der Waals surface area (Å²) in [5, 5.41) is 15.5. The molecule has 2 heterocycles. The molecule has 15 heavy (non-hydrogen) atoms. The van der Waals surface area contributed by atoms with Crippen LogP contribution in [0.3, 0.4) is 0 Å². The quantitative estimate of drug-likeness (QED) is 0.819. The van der Waals surface area contributed by atoms with E-state index >= 15 is 0 Å². The van der Waals surface area contributed by atoms with E-state index in [4.69, 9.17) is 0 Å². The van der Waals surface area contributed by atoms with Crippen LogP contribution >= 0.6 is 11.8 Å². The summed E-state index contributed by atoms with van der Waals surface area (Å²) in [6, 6.07) is 0. The third kappa shape index (κ3) is 2.92. The molecule has 0 amide bonds. The first kappa shape index (κ1) is 10.9. The first-order valence-corrected chi connectivity index (χ1v) is 6.46. The molecule has 0 aliphatic carbocycles. The van der Waals surface area contributed by atoms with Crippen LogP contribution < -0.4 is 5.32 Å². The number of nitrogens with one attached hydrogen (secondary N) is 1. The Bertz CT molecular complexity index is 294. The van der Waals surface area contributed by atoms with Gasteiger partial charge in [-0.3, -0.25) is 0 Å². The van der Waals surface area contributed by atoms with Gasteiger partial charge in [0.1, 0.15) is 0 Å². The Morgan fingerprint density at radius 1 is 1.53 bits per heavy atom. The molecule has 0 saturated carbocycles. The lowest BCUT2D eigenvalue weighted by molar-refractivity contribution is 0.509. The van der Waals surface area contributed by atoms with Gasteiger partial charge in [-0.15, -0.1) is 5.10 Å². The summed E-state index contributed by atoms with van der Waals surface area (Å²) in [6.45, 7) is 1.69. The van der Waals surface area contributed by atoms with Crippen molar-refractivity contribution in [1.29, 1.82) is 0 Å². The molecule has 0 bridgehead atoms. The largest absolute Gasteiger partial charge is 0.313 e. The van der Waals surface area contributed by atoms with E-state index in [1.165, 1.54) is 25.0 Å². The fraction of sp³-hybridized carbons (Fsp3) is 0.889. The number of hydrogen-bond acceptors (Lipinski definition) is 5. The maximum atomic E-state index is 4.03. The summed E-state index contributed by atoms with van der Waals surface area (Å²) in [5.74, 6) is 2.22. The predicted molar refractivity (Wildman–Crippen MR) is 60.7 cm³/mol. The van der Waals surface area contributed by atoms with Crippen LogP contribution in [-0.2, 0) is 13.1 Å². The van der Waals surface area contributed by atoms with Crippen molar-refractivity contribution in [3.63, 3.8) is 0 Å². The number of nitrogens with zero attached hydrogens (tertiary/aromatic N) is 4. The van der Waals surface area contributed by atoms with Crippen molar-refractivity contribution in [2.24, 2.45) is 0 Å². The van der Waals surface area contributed by atoms with Gasteiger partial charge < -0.3 is 5.32 Å². The summed E-state index contributed by atoms with van der Waals surface area (Å²) in [7, 11) is 1.91. The maximum absolute atomic E-state index is 4.03. The average molecular weight is 227 g/mol. The van der Waals surface area contributed by atoms with Crippen molar-refractivity contribution in [2.75, 3.05) is 12.8 Å². The number of aromatic nitrogens is 4. The van der Waals surface area contributed by atoms with Gasteiger partial charge in [-0.2, -0.15) is 11.8 Å². The highest BCUT2D eigenvalue weighted by Gasteiger charge is 2.16. The van der Waals surface area contributed by atoms with Crippen molar-refractivity contribution in [2.45, 2.75) is 37.6 Å². The number of rotatable bonds is 4. The molecule has 1 unspecified atom stereocenters. The number of thioether (sulfide) groups is 1. The molecule has 1 saturated heterocycles. The van der Waals surface area contributed by atoms with E-state index in [-0.39, 0.29) is 0 Å². The number of tetrazole rings is 1. The molecular weight excluding hydrogens is 210 g/mol. The topological polar surface area (TPSA) is 55.6 Å². The fourth-order valence-electron chi connectivity index (χ4n) is 1.79. The van der Waals surface area contributed by atoms with Crippen LogP contribution in [0, 0.1) is 0 Å². The summed E-state index contributed by atoms with van der Waals surface area (Å²) < 4.78 is 1.93. The molecule has 0 aromatic carbocycles. The van der Waals surface area contributed by atoms with Crippen LogP contribution in [-0.4, -0.2) is 38.3 Å². The van der Waals surface area contributed by atoms with E-state index in [9.17, 15) is 0 Å². The Morgan fingerprint density at radius 3 is 3.20 bits per heavy atom. The normalized spacial score (nSPS) is 21.8. The summed E-state index contributed by atoms with van der Waals surface area (Å²) >= 11 is 2.05. The zero-order valence-corrected chi connectivity index (χ0v) is 9.83. The van der Waals surface area contributed by atoms with Crippen LogP contribution in [0.1, 0.15) is 25.1 Å². The summed E-state index contributed by atoms with van der Waals surface area (Å²) in [6.07, 6.45) is 4.00. The average Bonchev–Trinajstić information content (AvgIpc) is 2.68. The summed E-state index contributed by atoms with van der Waals surface area (Å²) in [4.78, 5) is 0. The zero-order chi connectivity index (χ0) is 10.5. The lowest BCUT2D eigenvalue weighted by Gasteiger charge is -2.21.